The Kier molecular flexibility index (Phi) is 8.73. The van der Waals surface area contributed by atoms with E-state index in [-0.39, 0.29) is 31.3 Å². The van der Waals surface area contributed by atoms with Crippen molar-refractivity contribution in [3.63, 3.8) is 0 Å². The first-order chi connectivity index (χ1) is 18.5. The lowest BCUT2D eigenvalue weighted by Gasteiger charge is -2.45. The van der Waals surface area contributed by atoms with Crippen molar-refractivity contribution in [1.29, 1.82) is 0 Å². The molecule has 0 spiro atoms. The van der Waals surface area contributed by atoms with Crippen LogP contribution in [-0.4, -0.2) is 67.7 Å². The number of hydrogen-bond donors (Lipinski definition) is 2. The Morgan fingerprint density at radius 1 is 1.15 bits per heavy atom. The number of nitrogens with zero attached hydrogens (tertiary/aromatic N) is 6. The van der Waals surface area contributed by atoms with E-state index in [1.165, 1.54) is 6.92 Å². The Morgan fingerprint density at radius 2 is 1.82 bits per heavy atom. The van der Waals surface area contributed by atoms with Gasteiger partial charge in [0.05, 0.1) is 17.1 Å². The third-order valence-corrected chi connectivity index (χ3v) is 6.97. The number of nitrogens with one attached hydrogen (secondary N) is 1. The highest BCUT2D eigenvalue weighted by molar-refractivity contribution is 5.87. The molecule has 1 aliphatic carbocycles. The monoisotopic (exact) mass is 548 g/mol. The number of nitrogen functional groups attached to an aromatic ring is 1. The fourth-order valence-electron chi connectivity index (χ4n) is 4.86. The molecule has 39 heavy (non-hydrogen) atoms. The first-order valence-corrected chi connectivity index (χ1v) is 13.3. The number of hydrogen-bond acceptors (Lipinski definition) is 7. The van der Waals surface area contributed by atoms with Gasteiger partial charge in [0.1, 0.15) is 5.52 Å². The minimum Gasteiger partial charge on any atom is -0.382 e. The van der Waals surface area contributed by atoms with E-state index in [2.05, 4.69) is 25.3 Å². The molecule has 0 unspecified atom stereocenters. The van der Waals surface area contributed by atoms with Gasteiger partial charge in [0, 0.05) is 61.9 Å². The van der Waals surface area contributed by atoms with E-state index < -0.39 is 12.3 Å². The predicted octanol–water partition coefficient (Wildman–Crippen LogP) is 6.13. The zero-order chi connectivity index (χ0) is 28.3. The highest BCUT2D eigenvalue weighted by Crippen LogP contribution is 2.41. The summed E-state index contributed by atoms with van der Waals surface area (Å²) in [5.41, 5.74) is 11.4. The van der Waals surface area contributed by atoms with E-state index in [9.17, 15) is 17.6 Å². The number of pyridine rings is 1. The molecule has 0 bridgehead atoms. The van der Waals surface area contributed by atoms with Crippen LogP contribution >= 0.6 is 0 Å². The Morgan fingerprint density at radius 3 is 2.38 bits per heavy atom. The Bertz CT molecular complexity index is 1300. The number of nitrogens with two attached hydrogens (primary N) is 1. The predicted molar refractivity (Wildman–Crippen MR) is 146 cm³/mol. The second-order valence-electron chi connectivity index (χ2n) is 10.4. The molecule has 0 radical (unpaired) electrons. The maximum atomic E-state index is 13.2. The zero-order valence-corrected chi connectivity index (χ0v) is 22.8. The molecule has 1 aliphatic heterocycles. The van der Waals surface area contributed by atoms with Crippen molar-refractivity contribution in [1.82, 2.24) is 24.5 Å². The maximum absolute atomic E-state index is 13.2. The van der Waals surface area contributed by atoms with Gasteiger partial charge in [-0.1, -0.05) is 6.92 Å². The lowest BCUT2D eigenvalue weighted by molar-refractivity contribution is -0.127. The fraction of sp³-hybridized carbons (Fsp3) is 0.556. The minimum atomic E-state index is -2.48. The van der Waals surface area contributed by atoms with Gasteiger partial charge in [0.2, 0.25) is 12.4 Å². The van der Waals surface area contributed by atoms with E-state index in [1.807, 2.05) is 45.2 Å². The Balaban J connectivity index is 0.000000648. The topological polar surface area (TPSA) is 96.7 Å². The zero-order valence-electron chi connectivity index (χ0n) is 22.8. The average Bonchev–Trinajstić information content (AvgIpc) is 3.29. The van der Waals surface area contributed by atoms with E-state index in [4.69, 9.17) is 10.7 Å². The smallest absolute Gasteiger partial charge is 0.251 e. The van der Waals surface area contributed by atoms with Crippen LogP contribution in [-0.2, 0) is 0 Å². The molecule has 8 nitrogen and oxygen atoms in total. The summed E-state index contributed by atoms with van der Waals surface area (Å²) in [6.07, 6.45) is 1.40. The molecule has 212 valence electrons. The number of aryl methyl sites for hydroxylation is 1. The molecule has 3 aromatic rings. The van der Waals surface area contributed by atoms with Crippen molar-refractivity contribution >= 4 is 28.7 Å². The lowest BCUT2D eigenvalue weighted by Crippen LogP contribution is -2.54. The molecule has 0 amide bonds. The summed E-state index contributed by atoms with van der Waals surface area (Å²) < 4.78 is 49.6. The van der Waals surface area contributed by atoms with Crippen molar-refractivity contribution in [2.24, 2.45) is 4.99 Å². The molecule has 0 aromatic carbocycles. The molecule has 0 atom stereocenters. The van der Waals surface area contributed by atoms with Crippen LogP contribution < -0.4 is 11.1 Å². The molecule has 1 saturated heterocycles. The molecule has 3 aromatic heterocycles. The van der Waals surface area contributed by atoms with E-state index in [0.29, 0.717) is 17.3 Å². The number of alkyl halides is 4. The Labute approximate surface area is 225 Å². The second kappa shape index (κ2) is 11.8. The van der Waals surface area contributed by atoms with Crippen LogP contribution in [0.3, 0.4) is 0 Å². The number of piperidine rings is 1. The molecule has 2 aliphatic rings. The van der Waals surface area contributed by atoms with Crippen LogP contribution in [0, 0.1) is 6.92 Å². The normalized spacial score (nSPS) is 18.0. The quantitative estimate of drug-likeness (QED) is 0.284. The van der Waals surface area contributed by atoms with Crippen LogP contribution in [0.25, 0.3) is 16.8 Å². The molecule has 4 heterocycles. The molecule has 3 N–H and O–H groups in total. The Hall–Kier alpha value is -3.28. The molecular formula is C27H36F4N8. The molecule has 2 fully saturated rings. The summed E-state index contributed by atoms with van der Waals surface area (Å²) in [6.45, 7) is 8.89. The number of anilines is 2. The molecule has 5 rings (SSSR count). The van der Waals surface area contributed by atoms with Gasteiger partial charge in [0.25, 0.3) is 5.92 Å². The van der Waals surface area contributed by atoms with Crippen molar-refractivity contribution in [2.75, 3.05) is 24.1 Å². The van der Waals surface area contributed by atoms with Crippen LogP contribution in [0.5, 0.6) is 0 Å². The molecular weight excluding hydrogens is 512 g/mol. The largest absolute Gasteiger partial charge is 0.382 e. The molecule has 1 saturated carbocycles. The lowest BCUT2D eigenvalue weighted by atomic mass is 9.85. The number of likely N-dealkylation sites (tertiary alicyclic amines) is 1. The first-order valence-electron chi connectivity index (χ1n) is 13.3. The average molecular weight is 549 g/mol. The van der Waals surface area contributed by atoms with Gasteiger partial charge in [-0.25, -0.2) is 22.1 Å². The summed E-state index contributed by atoms with van der Waals surface area (Å²) in [5.74, 6) is -1.64. The minimum absolute atomic E-state index is 0.0140. The summed E-state index contributed by atoms with van der Waals surface area (Å²) >= 11 is 0. The number of rotatable bonds is 6. The summed E-state index contributed by atoms with van der Waals surface area (Å²) in [7, 11) is 0. The van der Waals surface area contributed by atoms with Gasteiger partial charge >= 0.3 is 0 Å². The van der Waals surface area contributed by atoms with Gasteiger partial charge in [-0.15, -0.1) is 5.10 Å². The number of fused-ring (bicyclic) bond motifs is 1. The summed E-state index contributed by atoms with van der Waals surface area (Å²) in [5, 5.41) is 7.99. The van der Waals surface area contributed by atoms with Crippen LogP contribution in [0.1, 0.15) is 58.6 Å². The number of aliphatic imine (C=N–C) groups is 1. The van der Waals surface area contributed by atoms with Gasteiger partial charge in [-0.2, -0.15) is 4.98 Å². The van der Waals surface area contributed by atoms with Crippen LogP contribution in [0.4, 0.5) is 35.0 Å². The van der Waals surface area contributed by atoms with Crippen LogP contribution in [0.15, 0.2) is 29.4 Å². The van der Waals surface area contributed by atoms with Crippen LogP contribution in [0.2, 0.25) is 0 Å². The first kappa shape index (κ1) is 28.7. The highest BCUT2D eigenvalue weighted by Gasteiger charge is 2.48. The summed E-state index contributed by atoms with van der Waals surface area (Å²) in [6, 6.07) is 6.02. The standard InChI is InChI=1S/C24H30F2N8.C3H6F2/c1-14(2)28-19-4-5-20(29-15(19)3)18-8-11-34-21(18)22(27)31-23(32-34)30-16-6-9-33(10-7-16)17-12-24(25,26)13-17;1-2-3(4)5/h4-5,8,11,16-17H,6-7,9-10,12-13H2,1-3H3,(H3,27,30,31,32);3H,2H2,1H3. The second-order valence-corrected chi connectivity index (χ2v) is 10.4. The van der Waals surface area contributed by atoms with Crippen molar-refractivity contribution in [2.45, 2.75) is 84.2 Å². The van der Waals surface area contributed by atoms with Crippen molar-refractivity contribution < 1.29 is 17.6 Å². The highest BCUT2D eigenvalue weighted by atomic mass is 19.3. The van der Waals surface area contributed by atoms with E-state index in [1.54, 1.807) is 4.52 Å². The number of aromatic nitrogens is 4. The van der Waals surface area contributed by atoms with Gasteiger partial charge in [-0.3, -0.25) is 14.9 Å². The maximum Gasteiger partial charge on any atom is 0.251 e. The SMILES string of the molecule is CC(C)=Nc1ccc(-c2ccn3nc(NC4CCN(C5CC(F)(F)C5)CC4)nc(N)c23)nc1C.CCC(F)F. The molecule has 12 heteroatoms. The van der Waals surface area contributed by atoms with Gasteiger partial charge < -0.3 is 11.1 Å². The van der Waals surface area contributed by atoms with Crippen molar-refractivity contribution in [3.8, 4) is 11.3 Å². The van der Waals surface area contributed by atoms with Gasteiger partial charge in [-0.05, 0) is 51.8 Å². The summed E-state index contributed by atoms with van der Waals surface area (Å²) in [4.78, 5) is 15.9. The third-order valence-electron chi connectivity index (χ3n) is 6.97. The van der Waals surface area contributed by atoms with E-state index >= 15 is 0 Å². The third kappa shape index (κ3) is 7.03. The van der Waals surface area contributed by atoms with Crippen molar-refractivity contribution in [3.05, 3.63) is 30.1 Å². The number of halogens is 4. The fourth-order valence-corrected chi connectivity index (χ4v) is 4.86. The van der Waals surface area contributed by atoms with Gasteiger partial charge in [0.15, 0.2) is 5.82 Å². The van der Waals surface area contributed by atoms with E-state index in [0.717, 1.165) is 54.3 Å².